The zero-order chi connectivity index (χ0) is 13.1. The normalized spacial score (nSPS) is 10.7. The standard InChI is InChI=1S/C11H10F2N4O/c1-14-8-4-3-7(5-9(8)18-11(12)13)10-16-15-6-17(10)2/h3-6,11H,1H2,2H3. The number of aryl methyl sites for hydroxylation is 1. The predicted octanol–water partition coefficient (Wildman–Crippen LogP) is 2.42. The Morgan fingerprint density at radius 2 is 2.22 bits per heavy atom. The summed E-state index contributed by atoms with van der Waals surface area (Å²) in [6, 6.07) is 4.65. The lowest BCUT2D eigenvalue weighted by molar-refractivity contribution is -0.0493. The Morgan fingerprint density at radius 1 is 1.44 bits per heavy atom. The van der Waals surface area contributed by atoms with E-state index in [1.807, 2.05) is 0 Å². The lowest BCUT2D eigenvalue weighted by Gasteiger charge is -2.09. The second-order valence-corrected chi connectivity index (χ2v) is 3.48. The Bertz CT molecular complexity index is 568. The van der Waals surface area contributed by atoms with Gasteiger partial charge in [0.05, 0.1) is 0 Å². The van der Waals surface area contributed by atoms with Crippen molar-refractivity contribution in [2.75, 3.05) is 0 Å². The van der Waals surface area contributed by atoms with Crippen molar-refractivity contribution in [2.24, 2.45) is 12.0 Å². The number of aromatic nitrogens is 3. The molecule has 0 aliphatic heterocycles. The number of benzene rings is 1. The van der Waals surface area contributed by atoms with Crippen LogP contribution in [0.15, 0.2) is 29.5 Å². The minimum absolute atomic E-state index is 0.0412. The smallest absolute Gasteiger partial charge is 0.387 e. The van der Waals surface area contributed by atoms with Crippen LogP contribution in [0.2, 0.25) is 0 Å². The van der Waals surface area contributed by atoms with Gasteiger partial charge in [-0.25, -0.2) is 0 Å². The number of hydrogen-bond donors (Lipinski definition) is 0. The molecular weight excluding hydrogens is 242 g/mol. The summed E-state index contributed by atoms with van der Waals surface area (Å²) in [4.78, 5) is 3.62. The summed E-state index contributed by atoms with van der Waals surface area (Å²) < 4.78 is 30.6. The Hall–Kier alpha value is -2.31. The minimum Gasteiger partial charge on any atom is -0.432 e. The van der Waals surface area contributed by atoms with Crippen LogP contribution >= 0.6 is 0 Å². The largest absolute Gasteiger partial charge is 0.432 e. The van der Waals surface area contributed by atoms with Crippen LogP contribution in [-0.2, 0) is 7.05 Å². The minimum atomic E-state index is -2.92. The van der Waals surface area contributed by atoms with Crippen molar-refractivity contribution in [1.29, 1.82) is 0 Å². The maximum Gasteiger partial charge on any atom is 0.387 e. The van der Waals surface area contributed by atoms with Crippen molar-refractivity contribution < 1.29 is 13.5 Å². The van der Waals surface area contributed by atoms with Gasteiger partial charge in [0.1, 0.15) is 12.0 Å². The van der Waals surface area contributed by atoms with E-state index < -0.39 is 6.61 Å². The summed E-state index contributed by atoms with van der Waals surface area (Å²) in [5.74, 6) is 0.505. The number of ether oxygens (including phenoxy) is 1. The molecular formula is C11H10F2N4O. The van der Waals surface area contributed by atoms with Gasteiger partial charge in [-0.15, -0.1) is 10.2 Å². The first-order chi connectivity index (χ1) is 8.61. The van der Waals surface area contributed by atoms with Gasteiger partial charge in [0, 0.05) is 12.6 Å². The molecule has 0 aliphatic carbocycles. The number of hydrogen-bond acceptors (Lipinski definition) is 4. The Balaban J connectivity index is 2.45. The highest BCUT2D eigenvalue weighted by Crippen LogP contribution is 2.32. The molecule has 0 saturated carbocycles. The summed E-state index contributed by atoms with van der Waals surface area (Å²) >= 11 is 0. The van der Waals surface area contributed by atoms with Gasteiger partial charge in [-0.3, -0.25) is 4.99 Å². The van der Waals surface area contributed by atoms with E-state index in [0.29, 0.717) is 11.4 Å². The number of halogens is 2. The molecule has 1 aromatic carbocycles. The van der Waals surface area contributed by atoms with E-state index >= 15 is 0 Å². The van der Waals surface area contributed by atoms with Crippen LogP contribution in [0, 0.1) is 0 Å². The molecule has 0 atom stereocenters. The molecule has 0 amide bonds. The SMILES string of the molecule is C=Nc1ccc(-c2nncn2C)cc1OC(F)F. The highest BCUT2D eigenvalue weighted by atomic mass is 19.3. The van der Waals surface area contributed by atoms with E-state index in [-0.39, 0.29) is 11.4 Å². The number of nitrogens with zero attached hydrogens (tertiary/aromatic N) is 4. The molecule has 0 N–H and O–H groups in total. The summed E-state index contributed by atoms with van der Waals surface area (Å²) in [5.41, 5.74) is 0.860. The molecule has 5 nitrogen and oxygen atoms in total. The Kier molecular flexibility index (Phi) is 3.31. The zero-order valence-corrected chi connectivity index (χ0v) is 9.55. The molecule has 2 rings (SSSR count). The third kappa shape index (κ3) is 2.34. The second-order valence-electron chi connectivity index (χ2n) is 3.48. The van der Waals surface area contributed by atoms with Crippen molar-refractivity contribution >= 4 is 12.4 Å². The molecule has 0 fully saturated rings. The molecule has 0 saturated heterocycles. The maximum absolute atomic E-state index is 12.3. The topological polar surface area (TPSA) is 52.3 Å². The van der Waals surface area contributed by atoms with Gasteiger partial charge >= 0.3 is 6.61 Å². The van der Waals surface area contributed by atoms with Crippen LogP contribution in [0.1, 0.15) is 0 Å². The molecule has 94 valence electrons. The first kappa shape index (κ1) is 12.2. The third-order valence-electron chi connectivity index (χ3n) is 2.32. The highest BCUT2D eigenvalue weighted by molar-refractivity contribution is 5.66. The average molecular weight is 252 g/mol. The lowest BCUT2D eigenvalue weighted by Crippen LogP contribution is -2.02. The lowest BCUT2D eigenvalue weighted by atomic mass is 10.2. The van der Waals surface area contributed by atoms with Gasteiger partial charge in [-0.05, 0) is 24.9 Å². The molecule has 18 heavy (non-hydrogen) atoms. The van der Waals surface area contributed by atoms with E-state index in [4.69, 9.17) is 0 Å². The zero-order valence-electron chi connectivity index (χ0n) is 9.55. The highest BCUT2D eigenvalue weighted by Gasteiger charge is 2.12. The van der Waals surface area contributed by atoms with Gasteiger partial charge in [0.2, 0.25) is 0 Å². The van der Waals surface area contributed by atoms with Crippen molar-refractivity contribution in [2.45, 2.75) is 6.61 Å². The van der Waals surface area contributed by atoms with Gasteiger partial charge < -0.3 is 9.30 Å². The molecule has 0 spiro atoms. The summed E-state index contributed by atoms with van der Waals surface area (Å²) in [6.07, 6.45) is 1.52. The molecule has 0 unspecified atom stereocenters. The molecule has 1 aromatic heterocycles. The van der Waals surface area contributed by atoms with Crippen LogP contribution in [0.4, 0.5) is 14.5 Å². The molecule has 7 heteroatoms. The van der Waals surface area contributed by atoms with Gasteiger partial charge in [0.25, 0.3) is 0 Å². The van der Waals surface area contributed by atoms with Crippen molar-refractivity contribution in [3.63, 3.8) is 0 Å². The van der Waals surface area contributed by atoms with Crippen molar-refractivity contribution in [3.05, 3.63) is 24.5 Å². The summed E-state index contributed by atoms with van der Waals surface area (Å²) in [7, 11) is 1.75. The molecule has 0 bridgehead atoms. The van der Waals surface area contributed by atoms with Crippen LogP contribution in [0.3, 0.4) is 0 Å². The summed E-state index contributed by atoms with van der Waals surface area (Å²) in [6.45, 7) is 0.384. The fourth-order valence-electron chi connectivity index (χ4n) is 1.52. The first-order valence-electron chi connectivity index (χ1n) is 5.01. The number of alkyl halides is 2. The molecule has 0 radical (unpaired) electrons. The van der Waals surface area contributed by atoms with E-state index in [2.05, 4.69) is 26.6 Å². The Labute approximate surface area is 102 Å². The summed E-state index contributed by atoms with van der Waals surface area (Å²) in [5, 5.41) is 7.60. The number of rotatable bonds is 4. The quantitative estimate of drug-likeness (QED) is 0.785. The first-order valence-corrected chi connectivity index (χ1v) is 5.01. The maximum atomic E-state index is 12.3. The molecule has 0 aliphatic rings. The molecule has 1 heterocycles. The van der Waals surface area contributed by atoms with E-state index in [1.165, 1.54) is 18.5 Å². The van der Waals surface area contributed by atoms with E-state index in [1.54, 1.807) is 17.7 Å². The third-order valence-corrected chi connectivity index (χ3v) is 2.32. The average Bonchev–Trinajstić information content (AvgIpc) is 2.74. The van der Waals surface area contributed by atoms with E-state index in [9.17, 15) is 8.78 Å². The fraction of sp³-hybridized carbons (Fsp3) is 0.182. The Morgan fingerprint density at radius 3 is 2.78 bits per heavy atom. The van der Waals surface area contributed by atoms with Gasteiger partial charge in [0.15, 0.2) is 11.6 Å². The monoisotopic (exact) mass is 252 g/mol. The second kappa shape index (κ2) is 4.91. The van der Waals surface area contributed by atoms with Crippen LogP contribution in [0.5, 0.6) is 5.75 Å². The fourth-order valence-corrected chi connectivity index (χ4v) is 1.52. The van der Waals surface area contributed by atoms with Crippen molar-refractivity contribution in [1.82, 2.24) is 14.8 Å². The van der Waals surface area contributed by atoms with Crippen molar-refractivity contribution in [3.8, 4) is 17.1 Å². The van der Waals surface area contributed by atoms with Gasteiger partial charge in [-0.2, -0.15) is 8.78 Å². The van der Waals surface area contributed by atoms with Gasteiger partial charge in [-0.1, -0.05) is 0 Å². The molecule has 2 aromatic rings. The van der Waals surface area contributed by atoms with Crippen LogP contribution in [0.25, 0.3) is 11.4 Å². The van der Waals surface area contributed by atoms with E-state index in [0.717, 1.165) is 0 Å². The number of aliphatic imine (C=N–C) groups is 1. The van der Waals surface area contributed by atoms with Crippen LogP contribution in [-0.4, -0.2) is 28.1 Å². The predicted molar refractivity (Wildman–Crippen MR) is 62.3 cm³/mol. The van der Waals surface area contributed by atoms with Crippen LogP contribution < -0.4 is 4.74 Å².